The number of carbonyl (C=O) groups excluding carboxylic acids is 2. The van der Waals surface area contributed by atoms with Crippen molar-refractivity contribution in [2.45, 2.75) is 13.3 Å². The van der Waals surface area contributed by atoms with Crippen LogP contribution < -0.4 is 14.8 Å². The van der Waals surface area contributed by atoms with Crippen LogP contribution in [0.1, 0.15) is 12.5 Å². The summed E-state index contributed by atoms with van der Waals surface area (Å²) in [6.07, 6.45) is -0.157. The van der Waals surface area contributed by atoms with Gasteiger partial charge < -0.3 is 14.2 Å². The Balaban J connectivity index is 1.52. The summed E-state index contributed by atoms with van der Waals surface area (Å²) >= 11 is 1.29. The van der Waals surface area contributed by atoms with E-state index in [1.54, 1.807) is 18.2 Å². The van der Waals surface area contributed by atoms with Gasteiger partial charge in [-0.15, -0.1) is 0 Å². The zero-order valence-electron chi connectivity index (χ0n) is 15.9. The summed E-state index contributed by atoms with van der Waals surface area (Å²) in [5.41, 5.74) is 1.15. The molecule has 2 aromatic carbocycles. The van der Waals surface area contributed by atoms with Crippen molar-refractivity contribution in [1.82, 2.24) is 4.98 Å². The average Bonchev–Trinajstić information content (AvgIpc) is 3.08. The molecule has 9 heteroatoms. The second-order valence-electron chi connectivity index (χ2n) is 5.94. The lowest BCUT2D eigenvalue weighted by Gasteiger charge is -2.06. The third kappa shape index (κ3) is 5.41. The molecule has 0 saturated carbocycles. The highest BCUT2D eigenvalue weighted by atomic mass is 32.1. The Bertz CT molecular complexity index is 1040. The van der Waals surface area contributed by atoms with Crippen LogP contribution in [0, 0.1) is 5.82 Å². The second-order valence-corrected chi connectivity index (χ2v) is 6.97. The zero-order chi connectivity index (χ0) is 20.8. The summed E-state index contributed by atoms with van der Waals surface area (Å²) in [4.78, 5) is 28.2. The van der Waals surface area contributed by atoms with Gasteiger partial charge in [0.25, 0.3) is 5.91 Å². The number of aromatic nitrogens is 1. The van der Waals surface area contributed by atoms with Crippen LogP contribution in [0.15, 0.2) is 36.4 Å². The summed E-state index contributed by atoms with van der Waals surface area (Å²) in [5, 5.41) is 3.00. The number of fused-ring (bicyclic) bond motifs is 1. The molecular formula is C20H19FN2O5S. The number of hydrogen-bond donors (Lipinski definition) is 1. The first-order chi connectivity index (χ1) is 14.0. The number of nitrogens with one attached hydrogen (secondary N) is 1. The minimum atomic E-state index is -0.643. The first kappa shape index (κ1) is 20.5. The molecule has 0 saturated heterocycles. The highest BCUT2D eigenvalue weighted by Crippen LogP contribution is 2.29. The van der Waals surface area contributed by atoms with Gasteiger partial charge in [0.2, 0.25) is 0 Å². The van der Waals surface area contributed by atoms with Gasteiger partial charge in [0, 0.05) is 0 Å². The number of halogens is 1. The van der Waals surface area contributed by atoms with Crippen molar-refractivity contribution in [2.24, 2.45) is 0 Å². The van der Waals surface area contributed by atoms with Crippen LogP contribution in [-0.2, 0) is 20.7 Å². The van der Waals surface area contributed by atoms with Crippen molar-refractivity contribution in [2.75, 3.05) is 25.6 Å². The maximum atomic E-state index is 13.7. The fourth-order valence-corrected chi connectivity index (χ4v) is 3.46. The Morgan fingerprint density at radius 2 is 2.03 bits per heavy atom. The normalized spacial score (nSPS) is 10.6. The van der Waals surface area contributed by atoms with E-state index in [4.69, 9.17) is 14.2 Å². The van der Waals surface area contributed by atoms with E-state index in [1.165, 1.54) is 30.6 Å². The predicted octanol–water partition coefficient (Wildman–Crippen LogP) is 3.57. The summed E-state index contributed by atoms with van der Waals surface area (Å²) in [6, 6.07) is 9.63. The van der Waals surface area contributed by atoms with Crippen molar-refractivity contribution >= 4 is 38.6 Å². The second kappa shape index (κ2) is 9.33. The van der Waals surface area contributed by atoms with Crippen molar-refractivity contribution in [3.8, 4) is 11.5 Å². The van der Waals surface area contributed by atoms with Crippen molar-refractivity contribution in [1.29, 1.82) is 0 Å². The van der Waals surface area contributed by atoms with Gasteiger partial charge in [-0.1, -0.05) is 17.4 Å². The van der Waals surface area contributed by atoms with Gasteiger partial charge in [0.05, 0.1) is 30.4 Å². The highest BCUT2D eigenvalue weighted by Gasteiger charge is 2.13. The molecule has 0 bridgehead atoms. The zero-order valence-corrected chi connectivity index (χ0v) is 16.7. The number of rotatable bonds is 8. The van der Waals surface area contributed by atoms with Crippen LogP contribution in [0.3, 0.4) is 0 Å². The maximum absolute atomic E-state index is 13.7. The predicted molar refractivity (Wildman–Crippen MR) is 107 cm³/mol. The molecule has 0 atom stereocenters. The summed E-state index contributed by atoms with van der Waals surface area (Å²) < 4.78 is 29.7. The van der Waals surface area contributed by atoms with Gasteiger partial charge in [-0.3, -0.25) is 14.9 Å². The van der Waals surface area contributed by atoms with Gasteiger partial charge in [-0.05, 0) is 42.8 Å². The third-order valence-corrected chi connectivity index (χ3v) is 4.78. The minimum absolute atomic E-state index is 0.0886. The fourth-order valence-electron chi connectivity index (χ4n) is 2.55. The van der Waals surface area contributed by atoms with E-state index in [2.05, 4.69) is 10.3 Å². The number of anilines is 1. The van der Waals surface area contributed by atoms with Crippen molar-refractivity contribution < 1.29 is 28.2 Å². The van der Waals surface area contributed by atoms with Gasteiger partial charge in [0.1, 0.15) is 5.75 Å². The molecule has 1 heterocycles. The Morgan fingerprint density at radius 3 is 2.76 bits per heavy atom. The topological polar surface area (TPSA) is 86.8 Å². The van der Waals surface area contributed by atoms with E-state index in [9.17, 15) is 14.0 Å². The molecule has 0 spiro atoms. The molecule has 29 heavy (non-hydrogen) atoms. The van der Waals surface area contributed by atoms with Crippen LogP contribution in [0.25, 0.3) is 10.2 Å². The maximum Gasteiger partial charge on any atom is 0.310 e. The lowest BCUT2D eigenvalue weighted by atomic mass is 10.1. The van der Waals surface area contributed by atoms with Crippen LogP contribution >= 0.6 is 11.3 Å². The number of nitrogens with zero attached hydrogens (tertiary/aromatic N) is 1. The summed E-state index contributed by atoms with van der Waals surface area (Å²) in [7, 11) is 1.36. The Labute approximate surface area is 170 Å². The number of amides is 1. The molecule has 152 valence electrons. The lowest BCUT2D eigenvalue weighted by molar-refractivity contribution is -0.146. The van der Waals surface area contributed by atoms with E-state index in [0.717, 1.165) is 16.0 Å². The highest BCUT2D eigenvalue weighted by molar-refractivity contribution is 7.22. The van der Waals surface area contributed by atoms with Gasteiger partial charge in [-0.2, -0.15) is 0 Å². The number of benzene rings is 2. The van der Waals surface area contributed by atoms with E-state index < -0.39 is 24.3 Å². The first-order valence-corrected chi connectivity index (χ1v) is 9.61. The molecule has 0 aliphatic carbocycles. The molecule has 0 aliphatic heterocycles. The van der Waals surface area contributed by atoms with Crippen LogP contribution in [0.4, 0.5) is 9.52 Å². The van der Waals surface area contributed by atoms with Crippen LogP contribution in [0.5, 0.6) is 11.5 Å². The Kier molecular flexibility index (Phi) is 6.61. The fraction of sp³-hybridized carbons (Fsp3) is 0.250. The first-order valence-electron chi connectivity index (χ1n) is 8.79. The summed E-state index contributed by atoms with van der Waals surface area (Å²) in [5.74, 6) is -0.909. The Hall–Kier alpha value is -3.20. The van der Waals surface area contributed by atoms with Crippen LogP contribution in [-0.4, -0.2) is 37.2 Å². The van der Waals surface area contributed by atoms with Gasteiger partial charge in [-0.25, -0.2) is 9.37 Å². The third-order valence-electron chi connectivity index (χ3n) is 3.85. The molecule has 3 aromatic rings. The standard InChI is InChI=1S/C20H19FN2O5S/c1-3-27-13-5-6-15-17(10-13)29-20(22-15)23-18(24)11-28-19(25)9-12-4-7-16(26-2)14(21)8-12/h4-8,10H,3,9,11H2,1-2H3,(H,22,23,24). The van der Waals surface area contributed by atoms with Gasteiger partial charge >= 0.3 is 5.97 Å². The molecule has 1 aromatic heterocycles. The number of ether oxygens (including phenoxy) is 3. The number of carbonyl (C=O) groups is 2. The molecule has 0 fully saturated rings. The quantitative estimate of drug-likeness (QED) is 0.563. The monoisotopic (exact) mass is 418 g/mol. The molecule has 0 radical (unpaired) electrons. The lowest BCUT2D eigenvalue weighted by Crippen LogP contribution is -2.21. The van der Waals surface area contributed by atoms with E-state index in [0.29, 0.717) is 17.3 Å². The molecule has 0 aliphatic rings. The minimum Gasteiger partial charge on any atom is -0.494 e. The smallest absolute Gasteiger partial charge is 0.310 e. The van der Waals surface area contributed by atoms with E-state index >= 15 is 0 Å². The number of thiazole rings is 1. The molecular weight excluding hydrogens is 399 g/mol. The van der Waals surface area contributed by atoms with Crippen molar-refractivity contribution in [3.05, 3.63) is 47.8 Å². The molecule has 1 amide bonds. The molecule has 3 rings (SSSR count). The number of hydrogen-bond acceptors (Lipinski definition) is 7. The molecule has 0 unspecified atom stereocenters. The van der Waals surface area contributed by atoms with E-state index in [1.807, 2.05) is 13.0 Å². The summed E-state index contributed by atoms with van der Waals surface area (Å²) in [6.45, 7) is 2.00. The number of methoxy groups -OCH3 is 1. The molecule has 1 N–H and O–H groups in total. The average molecular weight is 418 g/mol. The van der Waals surface area contributed by atoms with Crippen LogP contribution in [0.2, 0.25) is 0 Å². The SMILES string of the molecule is CCOc1ccc2nc(NC(=O)COC(=O)Cc3ccc(OC)c(F)c3)sc2c1. The Morgan fingerprint density at radius 1 is 1.21 bits per heavy atom. The van der Waals surface area contributed by atoms with E-state index in [-0.39, 0.29) is 12.2 Å². The van der Waals surface area contributed by atoms with Gasteiger partial charge in [0.15, 0.2) is 23.3 Å². The largest absolute Gasteiger partial charge is 0.494 e. The molecule has 7 nitrogen and oxygen atoms in total. The van der Waals surface area contributed by atoms with Crippen molar-refractivity contribution in [3.63, 3.8) is 0 Å². The number of esters is 1.